The van der Waals surface area contributed by atoms with Gasteiger partial charge in [0, 0.05) is 24.5 Å². The summed E-state index contributed by atoms with van der Waals surface area (Å²) in [6.07, 6.45) is 5.46. The van der Waals surface area contributed by atoms with Crippen molar-refractivity contribution in [2.75, 3.05) is 0 Å². The second kappa shape index (κ2) is 7.60. The topological polar surface area (TPSA) is 39.9 Å². The Hall–Kier alpha value is -0.349. The third-order valence-corrected chi connectivity index (χ3v) is 2.53. The van der Waals surface area contributed by atoms with Gasteiger partial charge in [0.05, 0.1) is 12.4 Å². The van der Waals surface area contributed by atoms with Crippen LogP contribution in [-0.2, 0) is 13.2 Å². The minimum Gasteiger partial charge on any atom is -0.487 e. The fourth-order valence-electron chi connectivity index (χ4n) is 1.51. The number of rotatable bonds is 5. The van der Waals surface area contributed by atoms with Gasteiger partial charge in [0.15, 0.2) is 0 Å². The predicted octanol–water partition coefficient (Wildman–Crippen LogP) is -1.06. The Labute approximate surface area is 157 Å². The molecule has 0 amide bonds. The van der Waals surface area contributed by atoms with Crippen molar-refractivity contribution in [1.82, 2.24) is 14.8 Å². The van der Waals surface area contributed by atoms with Gasteiger partial charge in [-0.2, -0.15) is 5.10 Å². The molecule has 0 radical (unpaired) electrons. The van der Waals surface area contributed by atoms with Gasteiger partial charge in [-0.1, -0.05) is 5.46 Å². The first kappa shape index (κ1) is 17.7. The summed E-state index contributed by atoms with van der Waals surface area (Å²) < 4.78 is 44.6. The largest absolute Gasteiger partial charge is 1.00 e. The predicted molar refractivity (Wildman–Crippen MR) is 65.2 cm³/mol. The fourth-order valence-corrected chi connectivity index (χ4v) is 1.51. The monoisotopic (exact) mass is 309 g/mol. The van der Waals surface area contributed by atoms with Gasteiger partial charge in [-0.3, -0.25) is 9.67 Å². The third-order valence-electron chi connectivity index (χ3n) is 2.53. The van der Waals surface area contributed by atoms with Crippen molar-refractivity contribution in [2.24, 2.45) is 0 Å². The molecule has 2 rings (SSSR count). The van der Waals surface area contributed by atoms with E-state index in [1.807, 2.05) is 6.92 Å². The molecule has 0 aliphatic heterocycles. The number of hydrogen-bond donors (Lipinski definition) is 0. The van der Waals surface area contributed by atoms with Crippen LogP contribution in [0.5, 0.6) is 5.75 Å². The first-order valence-electron chi connectivity index (χ1n) is 5.78. The Kier molecular flexibility index (Phi) is 6.73. The smallest absolute Gasteiger partial charge is 0.487 e. The molecule has 0 saturated carbocycles. The van der Waals surface area contributed by atoms with Crippen LogP contribution in [0.25, 0.3) is 0 Å². The summed E-state index contributed by atoms with van der Waals surface area (Å²) in [5, 5.41) is 4.05. The van der Waals surface area contributed by atoms with Crippen LogP contribution in [0.1, 0.15) is 12.5 Å². The average molecular weight is 309 g/mol. The molecule has 0 N–H and O–H groups in total. The molecule has 4 nitrogen and oxygen atoms in total. The average Bonchev–Trinajstić information content (AvgIpc) is 2.84. The van der Waals surface area contributed by atoms with E-state index in [-0.39, 0.29) is 63.7 Å². The van der Waals surface area contributed by atoms with Gasteiger partial charge in [0.2, 0.25) is 0 Å². The van der Waals surface area contributed by atoms with Crippen molar-refractivity contribution in [3.63, 3.8) is 0 Å². The third kappa shape index (κ3) is 4.89. The van der Waals surface area contributed by atoms with Crippen LogP contribution in [0.15, 0.2) is 30.9 Å². The number of pyridine rings is 1. The van der Waals surface area contributed by atoms with Gasteiger partial charge in [0.1, 0.15) is 12.4 Å². The molecule has 0 unspecified atom stereocenters. The van der Waals surface area contributed by atoms with E-state index >= 15 is 0 Å². The second-order valence-corrected chi connectivity index (χ2v) is 4.02. The molecular formula is C11H12BF3KN3O. The van der Waals surface area contributed by atoms with Crippen LogP contribution >= 0.6 is 0 Å². The van der Waals surface area contributed by atoms with Gasteiger partial charge >= 0.3 is 58.4 Å². The normalized spacial score (nSPS) is 11.0. The Morgan fingerprint density at radius 2 is 2.00 bits per heavy atom. The first-order valence-corrected chi connectivity index (χ1v) is 5.78. The molecular weight excluding hydrogens is 297 g/mol. The summed E-state index contributed by atoms with van der Waals surface area (Å²) >= 11 is 0. The molecule has 0 saturated heterocycles. The summed E-state index contributed by atoms with van der Waals surface area (Å²) in [6.45, 7) is -2.22. The number of nitrogens with zero attached hydrogens (tertiary/aromatic N) is 3. The minimum atomic E-state index is -5.05. The zero-order valence-electron chi connectivity index (χ0n) is 11.3. The molecule has 0 aliphatic carbocycles. The van der Waals surface area contributed by atoms with Gasteiger partial charge in [0.25, 0.3) is 0 Å². The van der Waals surface area contributed by atoms with E-state index < -0.39 is 12.4 Å². The van der Waals surface area contributed by atoms with E-state index in [4.69, 9.17) is 4.74 Å². The van der Waals surface area contributed by atoms with E-state index in [9.17, 15) is 12.9 Å². The maximum Gasteiger partial charge on any atom is 1.00 e. The number of aromatic nitrogens is 3. The summed E-state index contributed by atoms with van der Waals surface area (Å²) in [7, 11) is 0. The van der Waals surface area contributed by atoms with Crippen LogP contribution < -0.4 is 61.6 Å². The van der Waals surface area contributed by atoms with E-state index in [1.165, 1.54) is 6.20 Å². The summed E-state index contributed by atoms with van der Waals surface area (Å²) in [4.78, 5) is 3.53. The zero-order valence-corrected chi connectivity index (χ0v) is 14.4. The maximum atomic E-state index is 12.5. The van der Waals surface area contributed by atoms with Crippen molar-refractivity contribution in [1.29, 1.82) is 0 Å². The standard InChI is InChI=1S/C11H12BF3N3O.K/c1-2-18-7-9(4-17-18)8-19-11-3-10(5-16-6-11)12(13,14)15;/h3-7H,2,8H2,1H3;/q-1;+1. The van der Waals surface area contributed by atoms with Gasteiger partial charge in [-0.25, -0.2) is 0 Å². The second-order valence-electron chi connectivity index (χ2n) is 4.02. The first-order chi connectivity index (χ1) is 8.99. The Balaban J connectivity index is 0.00000200. The Morgan fingerprint density at radius 1 is 1.25 bits per heavy atom. The van der Waals surface area contributed by atoms with Crippen molar-refractivity contribution in [2.45, 2.75) is 20.1 Å². The quantitative estimate of drug-likeness (QED) is 0.661. The van der Waals surface area contributed by atoms with Crippen molar-refractivity contribution in [3.8, 4) is 5.75 Å². The molecule has 102 valence electrons. The van der Waals surface area contributed by atoms with Crippen molar-refractivity contribution in [3.05, 3.63) is 36.4 Å². The van der Waals surface area contributed by atoms with E-state index in [0.29, 0.717) is 0 Å². The minimum absolute atomic E-state index is 0. The van der Waals surface area contributed by atoms with Crippen LogP contribution in [-0.4, -0.2) is 21.7 Å². The van der Waals surface area contributed by atoms with Gasteiger partial charge in [-0.15, -0.1) is 0 Å². The number of halogens is 3. The Bertz CT molecular complexity index is 562. The molecule has 2 heterocycles. The summed E-state index contributed by atoms with van der Waals surface area (Å²) in [5.41, 5.74) is 0.0338. The number of aryl methyl sites for hydroxylation is 1. The van der Waals surface area contributed by atoms with Gasteiger partial charge in [-0.05, 0) is 13.0 Å². The summed E-state index contributed by atoms with van der Waals surface area (Å²) in [5.74, 6) is 0.0981. The SMILES string of the molecule is CCn1cc(COc2cncc([B-](F)(F)F)c2)cn1.[K+]. The van der Waals surface area contributed by atoms with Crippen LogP contribution in [0.4, 0.5) is 12.9 Å². The molecule has 2 aromatic heterocycles. The fraction of sp³-hybridized carbons (Fsp3) is 0.273. The van der Waals surface area contributed by atoms with Crippen LogP contribution in [0.3, 0.4) is 0 Å². The van der Waals surface area contributed by atoms with Gasteiger partial charge < -0.3 is 17.7 Å². The molecule has 20 heavy (non-hydrogen) atoms. The molecule has 0 aliphatic rings. The molecule has 0 spiro atoms. The van der Waals surface area contributed by atoms with Crippen LogP contribution in [0, 0.1) is 0 Å². The van der Waals surface area contributed by atoms with Crippen molar-refractivity contribution < 1.29 is 69.1 Å². The number of ether oxygens (including phenoxy) is 1. The van der Waals surface area contributed by atoms with Crippen LogP contribution in [0.2, 0.25) is 0 Å². The molecule has 0 aromatic carbocycles. The molecule has 0 fully saturated rings. The summed E-state index contributed by atoms with van der Waals surface area (Å²) in [6, 6.07) is 0.956. The molecule has 0 bridgehead atoms. The van der Waals surface area contributed by atoms with Crippen molar-refractivity contribution >= 4 is 12.4 Å². The van der Waals surface area contributed by atoms with E-state index in [0.717, 1.165) is 24.4 Å². The molecule has 2 aromatic rings. The zero-order chi connectivity index (χ0) is 13.9. The Morgan fingerprint density at radius 3 is 2.60 bits per heavy atom. The maximum absolute atomic E-state index is 12.5. The van der Waals surface area contributed by atoms with E-state index in [1.54, 1.807) is 17.1 Å². The number of hydrogen-bond acceptors (Lipinski definition) is 3. The van der Waals surface area contributed by atoms with E-state index in [2.05, 4.69) is 10.1 Å². The molecule has 0 atom stereocenters. The molecule has 9 heteroatoms.